The number of hydrogen-bond acceptors (Lipinski definition) is 5. The van der Waals surface area contributed by atoms with Crippen LogP contribution in [0.2, 0.25) is 5.02 Å². The summed E-state index contributed by atoms with van der Waals surface area (Å²) in [5.74, 6) is 0.531. The van der Waals surface area contributed by atoms with E-state index in [-0.39, 0.29) is 25.2 Å². The van der Waals surface area contributed by atoms with Gasteiger partial charge < -0.3 is 24.4 Å². The number of nitrogens with zero attached hydrogens (tertiary/aromatic N) is 1. The Bertz CT molecular complexity index is 1020. The molecule has 2 aromatic rings. The molecule has 3 rings (SSSR count). The Morgan fingerprint density at radius 2 is 1.94 bits per heavy atom. The average Bonchev–Trinajstić information content (AvgIpc) is 2.81. The molecule has 0 aliphatic carbocycles. The third-order valence-electron chi connectivity index (χ3n) is 5.44. The van der Waals surface area contributed by atoms with Crippen molar-refractivity contribution >= 4 is 23.6 Å². The van der Waals surface area contributed by atoms with Gasteiger partial charge in [-0.15, -0.1) is 0 Å². The van der Waals surface area contributed by atoms with E-state index in [4.69, 9.17) is 25.8 Å². The molecule has 1 aliphatic heterocycles. The molecule has 1 aliphatic rings. The fraction of sp³-hybridized carbons (Fsp3) is 0.481. The van der Waals surface area contributed by atoms with Crippen LogP contribution in [0.15, 0.2) is 42.5 Å². The summed E-state index contributed by atoms with van der Waals surface area (Å²) in [5.41, 5.74) is 1.87. The normalized spacial score (nSPS) is 16.0. The Morgan fingerprint density at radius 3 is 2.66 bits per heavy atom. The highest BCUT2D eigenvalue weighted by molar-refractivity contribution is 6.32. The van der Waals surface area contributed by atoms with Crippen LogP contribution in [0.4, 0.5) is 4.79 Å². The van der Waals surface area contributed by atoms with E-state index in [1.807, 2.05) is 62.1 Å². The molecule has 1 unspecified atom stereocenters. The standard InChI is InChI=1S/C27H35ClN2O5/c1-5-7-22-18-30(13-15-33-22)25(31)21-9-6-8-19(16-21)20-10-11-24(23(28)17-20)34-14-12-29-26(32)35-27(2,3)4/h6,8-11,16-17,22H,5,7,12-15,18H2,1-4H3,(H,29,32). The lowest BCUT2D eigenvalue weighted by Gasteiger charge is -2.33. The Balaban J connectivity index is 1.59. The molecule has 7 nitrogen and oxygen atoms in total. The van der Waals surface area contributed by atoms with Gasteiger partial charge in [0.05, 0.1) is 24.3 Å². The van der Waals surface area contributed by atoms with Crippen molar-refractivity contribution in [3.05, 3.63) is 53.1 Å². The molecule has 0 radical (unpaired) electrons. The van der Waals surface area contributed by atoms with Gasteiger partial charge >= 0.3 is 6.09 Å². The fourth-order valence-corrected chi connectivity index (χ4v) is 4.08. The molecule has 0 aromatic heterocycles. The maximum Gasteiger partial charge on any atom is 0.407 e. The molecule has 0 bridgehead atoms. The van der Waals surface area contributed by atoms with Crippen molar-refractivity contribution in [1.82, 2.24) is 10.2 Å². The summed E-state index contributed by atoms with van der Waals surface area (Å²) in [6, 6.07) is 13.1. The Labute approximate surface area is 212 Å². The largest absolute Gasteiger partial charge is 0.490 e. The lowest BCUT2D eigenvalue weighted by molar-refractivity contribution is -0.0250. The smallest absolute Gasteiger partial charge is 0.407 e. The third-order valence-corrected chi connectivity index (χ3v) is 5.73. The SMILES string of the molecule is CCCC1CN(C(=O)c2cccc(-c3ccc(OCCNC(=O)OC(C)(C)C)c(Cl)c3)c2)CCO1. The van der Waals surface area contributed by atoms with Crippen molar-refractivity contribution in [3.63, 3.8) is 0 Å². The van der Waals surface area contributed by atoms with Gasteiger partial charge in [-0.2, -0.15) is 0 Å². The first-order chi connectivity index (χ1) is 16.7. The summed E-state index contributed by atoms with van der Waals surface area (Å²) < 4.78 is 16.7. The zero-order valence-corrected chi connectivity index (χ0v) is 21.7. The number of benzene rings is 2. The minimum atomic E-state index is -0.550. The summed E-state index contributed by atoms with van der Waals surface area (Å²) in [5, 5.41) is 3.10. The van der Waals surface area contributed by atoms with Gasteiger partial charge in [-0.3, -0.25) is 4.79 Å². The van der Waals surface area contributed by atoms with Gasteiger partial charge in [0.1, 0.15) is 18.0 Å². The first-order valence-electron chi connectivity index (χ1n) is 12.1. The second kappa shape index (κ2) is 12.3. The van der Waals surface area contributed by atoms with Crippen molar-refractivity contribution in [2.75, 3.05) is 32.8 Å². The summed E-state index contributed by atoms with van der Waals surface area (Å²) in [4.78, 5) is 26.7. The van der Waals surface area contributed by atoms with E-state index < -0.39 is 11.7 Å². The average molecular weight is 503 g/mol. The molecule has 35 heavy (non-hydrogen) atoms. The van der Waals surface area contributed by atoms with Gasteiger partial charge in [0.25, 0.3) is 5.91 Å². The Morgan fingerprint density at radius 1 is 1.17 bits per heavy atom. The van der Waals surface area contributed by atoms with Crippen molar-refractivity contribution in [2.45, 2.75) is 52.2 Å². The number of carbonyl (C=O) groups is 2. The molecule has 2 amide bonds. The number of hydrogen-bond donors (Lipinski definition) is 1. The number of carbonyl (C=O) groups excluding carboxylic acids is 2. The van der Waals surface area contributed by atoms with Crippen LogP contribution in [-0.2, 0) is 9.47 Å². The number of ether oxygens (including phenoxy) is 3. The highest BCUT2D eigenvalue weighted by Crippen LogP contribution is 2.31. The number of halogens is 1. The van der Waals surface area contributed by atoms with E-state index in [0.717, 1.165) is 24.0 Å². The van der Waals surface area contributed by atoms with E-state index >= 15 is 0 Å². The molecule has 0 saturated carbocycles. The van der Waals surface area contributed by atoms with Crippen LogP contribution in [0.1, 0.15) is 50.9 Å². The van der Waals surface area contributed by atoms with Crippen LogP contribution in [0.5, 0.6) is 5.75 Å². The topological polar surface area (TPSA) is 77.1 Å². The minimum Gasteiger partial charge on any atom is -0.490 e. The molecule has 1 heterocycles. The van der Waals surface area contributed by atoms with Crippen LogP contribution >= 0.6 is 11.6 Å². The molecule has 1 atom stereocenters. The zero-order chi connectivity index (χ0) is 25.4. The first kappa shape index (κ1) is 26.8. The van der Waals surface area contributed by atoms with Crippen LogP contribution < -0.4 is 10.1 Å². The molecular weight excluding hydrogens is 468 g/mol. The predicted octanol–water partition coefficient (Wildman–Crippen LogP) is 5.55. The summed E-state index contributed by atoms with van der Waals surface area (Å²) in [6.45, 7) is 9.88. The van der Waals surface area contributed by atoms with E-state index in [9.17, 15) is 9.59 Å². The van der Waals surface area contributed by atoms with Crippen molar-refractivity contribution < 1.29 is 23.8 Å². The van der Waals surface area contributed by atoms with E-state index in [0.29, 0.717) is 36.0 Å². The van der Waals surface area contributed by atoms with Crippen LogP contribution in [0.25, 0.3) is 11.1 Å². The Hall–Kier alpha value is -2.77. The monoisotopic (exact) mass is 502 g/mol. The first-order valence-corrected chi connectivity index (χ1v) is 12.4. The van der Waals surface area contributed by atoms with Crippen molar-refractivity contribution in [3.8, 4) is 16.9 Å². The number of alkyl carbamates (subject to hydrolysis) is 1. The molecule has 1 N–H and O–H groups in total. The molecular formula is C27H35ClN2O5. The van der Waals surface area contributed by atoms with E-state index in [1.54, 1.807) is 6.07 Å². The van der Waals surface area contributed by atoms with Crippen LogP contribution in [-0.4, -0.2) is 61.5 Å². The van der Waals surface area contributed by atoms with Gasteiger partial charge in [0.15, 0.2) is 0 Å². The van der Waals surface area contributed by atoms with Gasteiger partial charge in [-0.25, -0.2) is 4.79 Å². The molecule has 8 heteroatoms. The molecule has 190 valence electrons. The fourth-order valence-electron chi connectivity index (χ4n) is 3.84. The van der Waals surface area contributed by atoms with Gasteiger partial charge in [-0.05, 0) is 62.6 Å². The quantitative estimate of drug-likeness (QED) is 0.479. The Kier molecular flexibility index (Phi) is 9.40. The van der Waals surface area contributed by atoms with Crippen LogP contribution in [0, 0.1) is 0 Å². The van der Waals surface area contributed by atoms with Crippen molar-refractivity contribution in [2.24, 2.45) is 0 Å². The second-order valence-electron chi connectivity index (χ2n) is 9.54. The van der Waals surface area contributed by atoms with E-state index in [1.165, 1.54) is 0 Å². The maximum atomic E-state index is 13.1. The summed E-state index contributed by atoms with van der Waals surface area (Å²) >= 11 is 6.45. The zero-order valence-electron chi connectivity index (χ0n) is 20.9. The number of rotatable bonds is 8. The molecule has 2 aromatic carbocycles. The molecule has 1 fully saturated rings. The van der Waals surface area contributed by atoms with Crippen LogP contribution in [0.3, 0.4) is 0 Å². The van der Waals surface area contributed by atoms with Gasteiger partial charge in [-0.1, -0.05) is 43.1 Å². The maximum absolute atomic E-state index is 13.1. The molecule has 0 spiro atoms. The second-order valence-corrected chi connectivity index (χ2v) is 9.94. The lowest BCUT2D eigenvalue weighted by Crippen LogP contribution is -2.45. The lowest BCUT2D eigenvalue weighted by atomic mass is 10.0. The van der Waals surface area contributed by atoms with Crippen molar-refractivity contribution in [1.29, 1.82) is 0 Å². The number of morpholine rings is 1. The minimum absolute atomic E-state index is 0.0137. The highest BCUT2D eigenvalue weighted by Gasteiger charge is 2.24. The predicted molar refractivity (Wildman–Crippen MR) is 137 cm³/mol. The van der Waals surface area contributed by atoms with E-state index in [2.05, 4.69) is 12.2 Å². The van der Waals surface area contributed by atoms with Gasteiger partial charge in [0, 0.05) is 18.7 Å². The third kappa shape index (κ3) is 8.15. The molecule has 1 saturated heterocycles. The highest BCUT2D eigenvalue weighted by atomic mass is 35.5. The van der Waals surface area contributed by atoms with Gasteiger partial charge in [0.2, 0.25) is 0 Å². The summed E-state index contributed by atoms with van der Waals surface area (Å²) in [6.07, 6.45) is 1.60. The number of nitrogens with one attached hydrogen (secondary N) is 1. The summed E-state index contributed by atoms with van der Waals surface area (Å²) in [7, 11) is 0. The number of amides is 2.